The first-order valence-corrected chi connectivity index (χ1v) is 10.6. The van der Waals surface area contributed by atoms with Gasteiger partial charge in [-0.05, 0) is 54.8 Å². The van der Waals surface area contributed by atoms with E-state index >= 15 is 0 Å². The molecule has 2 aromatic rings. The number of thioether (sulfide) groups is 1. The lowest BCUT2D eigenvalue weighted by atomic mass is 10.1. The van der Waals surface area contributed by atoms with E-state index in [9.17, 15) is 9.59 Å². The fourth-order valence-electron chi connectivity index (χ4n) is 3.13. The molecule has 0 unspecified atom stereocenters. The molecule has 1 aliphatic rings. The van der Waals surface area contributed by atoms with Gasteiger partial charge in [0, 0.05) is 17.8 Å². The third-order valence-corrected chi connectivity index (χ3v) is 5.58. The van der Waals surface area contributed by atoms with Crippen LogP contribution in [0.4, 0.5) is 11.4 Å². The molecule has 1 aliphatic heterocycles. The Morgan fingerprint density at radius 3 is 2.46 bits per heavy atom. The summed E-state index contributed by atoms with van der Waals surface area (Å²) in [5.41, 5.74) is 2.67. The number of nitrogens with one attached hydrogen (secondary N) is 1. The molecule has 148 valence electrons. The summed E-state index contributed by atoms with van der Waals surface area (Å²) >= 11 is 1.61. The van der Waals surface area contributed by atoms with Crippen molar-refractivity contribution in [1.82, 2.24) is 0 Å². The molecule has 0 bridgehead atoms. The van der Waals surface area contributed by atoms with Gasteiger partial charge in [-0.15, -0.1) is 11.8 Å². The predicted molar refractivity (Wildman–Crippen MR) is 115 cm³/mol. The molecule has 0 spiro atoms. The summed E-state index contributed by atoms with van der Waals surface area (Å²) in [7, 11) is 0. The largest absolute Gasteiger partial charge is 0.494 e. The highest BCUT2D eigenvalue weighted by Gasteiger charge is 2.34. The molecule has 5 nitrogen and oxygen atoms in total. The number of carbonyl (C=O) groups is 2. The smallest absolute Gasteiger partial charge is 0.238 e. The van der Waals surface area contributed by atoms with Crippen LogP contribution in [0.1, 0.15) is 38.1 Å². The Morgan fingerprint density at radius 1 is 1.18 bits per heavy atom. The van der Waals surface area contributed by atoms with Crippen molar-refractivity contribution in [2.24, 2.45) is 5.92 Å². The Morgan fingerprint density at radius 2 is 1.86 bits per heavy atom. The molecule has 1 saturated heterocycles. The summed E-state index contributed by atoms with van der Waals surface area (Å²) < 4.78 is 5.49. The number of anilines is 2. The topological polar surface area (TPSA) is 58.6 Å². The molecule has 0 radical (unpaired) electrons. The van der Waals surface area contributed by atoms with Gasteiger partial charge in [-0.1, -0.05) is 26.0 Å². The molecular formula is C22H26N2O3S. The minimum Gasteiger partial charge on any atom is -0.494 e. The lowest BCUT2D eigenvalue weighted by Crippen LogP contribution is -2.27. The van der Waals surface area contributed by atoms with Crippen LogP contribution in [0.15, 0.2) is 48.5 Å². The van der Waals surface area contributed by atoms with Gasteiger partial charge in [0.25, 0.3) is 0 Å². The van der Waals surface area contributed by atoms with E-state index in [-0.39, 0.29) is 17.2 Å². The Labute approximate surface area is 170 Å². The van der Waals surface area contributed by atoms with E-state index in [1.54, 1.807) is 11.8 Å². The maximum atomic E-state index is 12.5. The Hall–Kier alpha value is -2.47. The van der Waals surface area contributed by atoms with E-state index in [1.807, 2.05) is 74.2 Å². The molecule has 1 fully saturated rings. The zero-order chi connectivity index (χ0) is 20.1. The molecule has 28 heavy (non-hydrogen) atoms. The lowest BCUT2D eigenvalue weighted by molar-refractivity contribution is -0.117. The average Bonchev–Trinajstić information content (AvgIpc) is 3.04. The number of amides is 2. The number of hydrogen-bond donors (Lipinski definition) is 1. The van der Waals surface area contributed by atoms with E-state index < -0.39 is 0 Å². The maximum absolute atomic E-state index is 12.5. The monoisotopic (exact) mass is 398 g/mol. The number of benzene rings is 2. The number of ether oxygens (including phenoxy) is 1. The molecule has 3 rings (SSSR count). The second-order valence-electron chi connectivity index (χ2n) is 7.12. The van der Waals surface area contributed by atoms with Crippen molar-refractivity contribution in [1.29, 1.82) is 0 Å². The van der Waals surface area contributed by atoms with Crippen molar-refractivity contribution in [2.45, 2.75) is 32.6 Å². The fraction of sp³-hybridized carbons (Fsp3) is 0.364. The molecule has 0 saturated carbocycles. The van der Waals surface area contributed by atoms with Crippen LogP contribution in [0, 0.1) is 5.92 Å². The third-order valence-electron chi connectivity index (χ3n) is 4.37. The number of hydrogen-bond acceptors (Lipinski definition) is 4. The van der Waals surface area contributed by atoms with Crippen LogP contribution in [-0.2, 0) is 9.59 Å². The molecule has 6 heteroatoms. The van der Waals surface area contributed by atoms with Gasteiger partial charge >= 0.3 is 0 Å². The minimum atomic E-state index is -0.0779. The first kappa shape index (κ1) is 20.3. The highest BCUT2D eigenvalue weighted by atomic mass is 32.2. The molecule has 2 amide bonds. The minimum absolute atomic E-state index is 0.0178. The standard InChI is InChI=1S/C22H26N2O3S/c1-4-27-19-11-9-18(10-12-19)24-21(26)14-28-22(24)16-5-7-17(8-6-16)23-20(25)13-15(2)3/h5-12,15,22H,4,13-14H2,1-3H3,(H,23,25)/t22-/m1/s1. The first-order valence-electron chi connectivity index (χ1n) is 9.54. The van der Waals surface area contributed by atoms with Gasteiger partial charge in [-0.2, -0.15) is 0 Å². The first-order chi connectivity index (χ1) is 13.5. The second-order valence-corrected chi connectivity index (χ2v) is 8.19. The summed E-state index contributed by atoms with van der Waals surface area (Å²) in [6.45, 7) is 6.60. The van der Waals surface area contributed by atoms with Gasteiger partial charge in [-0.3, -0.25) is 14.5 Å². The molecule has 2 aromatic carbocycles. The van der Waals surface area contributed by atoms with Gasteiger partial charge in [0.05, 0.1) is 12.4 Å². The number of nitrogens with zero attached hydrogens (tertiary/aromatic N) is 1. The van der Waals surface area contributed by atoms with Crippen molar-refractivity contribution in [3.8, 4) is 5.75 Å². The van der Waals surface area contributed by atoms with Crippen LogP contribution in [0.25, 0.3) is 0 Å². The second kappa shape index (κ2) is 9.15. The summed E-state index contributed by atoms with van der Waals surface area (Å²) in [5, 5.41) is 2.84. The van der Waals surface area contributed by atoms with Gasteiger partial charge in [0.15, 0.2) is 0 Å². The normalized spacial score (nSPS) is 16.5. The fourth-order valence-corrected chi connectivity index (χ4v) is 4.31. The lowest BCUT2D eigenvalue weighted by Gasteiger charge is -2.24. The summed E-state index contributed by atoms with van der Waals surface area (Å²) in [6, 6.07) is 15.4. The zero-order valence-corrected chi connectivity index (χ0v) is 17.3. The van der Waals surface area contributed by atoms with Crippen LogP contribution in [0.3, 0.4) is 0 Å². The summed E-state index contributed by atoms with van der Waals surface area (Å²) in [5.74, 6) is 1.68. The van der Waals surface area contributed by atoms with Gasteiger partial charge in [0.1, 0.15) is 11.1 Å². The van der Waals surface area contributed by atoms with Crippen LogP contribution in [0.2, 0.25) is 0 Å². The van der Waals surface area contributed by atoms with Crippen molar-refractivity contribution in [3.05, 3.63) is 54.1 Å². The Balaban J connectivity index is 1.74. The van der Waals surface area contributed by atoms with Crippen LogP contribution < -0.4 is 15.0 Å². The van der Waals surface area contributed by atoms with Crippen molar-refractivity contribution >= 4 is 35.0 Å². The van der Waals surface area contributed by atoms with Gasteiger partial charge in [0.2, 0.25) is 11.8 Å². The van der Waals surface area contributed by atoms with E-state index in [1.165, 1.54) is 0 Å². The summed E-state index contributed by atoms with van der Waals surface area (Å²) in [6.07, 6.45) is 0.500. The molecule has 1 N–H and O–H groups in total. The van der Waals surface area contributed by atoms with E-state index in [0.717, 1.165) is 22.7 Å². The number of carbonyl (C=O) groups excluding carboxylic acids is 2. The van der Waals surface area contributed by atoms with Crippen molar-refractivity contribution < 1.29 is 14.3 Å². The Kier molecular flexibility index (Phi) is 6.62. The molecule has 0 aromatic heterocycles. The van der Waals surface area contributed by atoms with Crippen LogP contribution in [-0.4, -0.2) is 24.2 Å². The SMILES string of the molecule is CCOc1ccc(N2C(=O)CS[C@@H]2c2ccc(NC(=O)CC(C)C)cc2)cc1. The summed E-state index contributed by atoms with van der Waals surface area (Å²) in [4.78, 5) is 26.3. The average molecular weight is 399 g/mol. The quantitative estimate of drug-likeness (QED) is 0.724. The van der Waals surface area contributed by atoms with Gasteiger partial charge in [-0.25, -0.2) is 0 Å². The third kappa shape index (κ3) is 4.87. The van der Waals surface area contributed by atoms with E-state index in [4.69, 9.17) is 4.74 Å². The van der Waals surface area contributed by atoms with Crippen molar-refractivity contribution in [3.63, 3.8) is 0 Å². The highest BCUT2D eigenvalue weighted by Crippen LogP contribution is 2.42. The highest BCUT2D eigenvalue weighted by molar-refractivity contribution is 8.00. The number of rotatable bonds is 7. The molecular weight excluding hydrogens is 372 g/mol. The van der Waals surface area contributed by atoms with Gasteiger partial charge < -0.3 is 10.1 Å². The van der Waals surface area contributed by atoms with E-state index in [2.05, 4.69) is 5.32 Å². The van der Waals surface area contributed by atoms with Crippen LogP contribution >= 0.6 is 11.8 Å². The van der Waals surface area contributed by atoms with Crippen molar-refractivity contribution in [2.75, 3.05) is 22.6 Å². The van der Waals surface area contributed by atoms with Crippen LogP contribution in [0.5, 0.6) is 5.75 Å². The molecule has 1 atom stereocenters. The Bertz CT molecular complexity index is 819. The predicted octanol–water partition coefficient (Wildman–Crippen LogP) is 4.85. The van der Waals surface area contributed by atoms with E-state index in [0.29, 0.717) is 24.7 Å². The maximum Gasteiger partial charge on any atom is 0.238 e. The molecule has 0 aliphatic carbocycles. The molecule has 1 heterocycles. The zero-order valence-electron chi connectivity index (χ0n) is 16.5.